The molecule has 1 aromatic carbocycles. The van der Waals surface area contributed by atoms with E-state index in [-0.39, 0.29) is 18.1 Å². The van der Waals surface area contributed by atoms with Crippen LogP contribution in [-0.2, 0) is 24.2 Å². The van der Waals surface area contributed by atoms with E-state index in [4.69, 9.17) is 4.74 Å². The smallest absolute Gasteiger partial charge is 0.349 e. The molecule has 1 aliphatic rings. The van der Waals surface area contributed by atoms with Crippen LogP contribution in [0.1, 0.15) is 44.3 Å². The summed E-state index contributed by atoms with van der Waals surface area (Å²) in [5.74, 6) is -0.369. The molecule has 4 aromatic rings. The number of thiophene rings is 1. The standard InChI is InChI=1S/C21H18N2O3S2/c1-12-14-6-2-4-8-16(14)27-19(12)20(25)26-11-13-10-18(24)23-15-7-3-5-9-17(15)28-21(23)22-13/h2,4,6,8,10H,3,5,7,9,11H2,1H3. The van der Waals surface area contributed by atoms with Crippen LogP contribution in [0.2, 0.25) is 0 Å². The van der Waals surface area contributed by atoms with Crippen LogP contribution >= 0.6 is 22.7 Å². The van der Waals surface area contributed by atoms with Crippen molar-refractivity contribution >= 4 is 43.7 Å². The minimum Gasteiger partial charge on any atom is -0.455 e. The highest BCUT2D eigenvalue weighted by Crippen LogP contribution is 2.31. The second-order valence-electron chi connectivity index (χ2n) is 7.01. The molecule has 0 saturated carbocycles. The molecule has 5 rings (SSSR count). The number of benzene rings is 1. The maximum absolute atomic E-state index is 12.6. The zero-order chi connectivity index (χ0) is 19.3. The molecule has 0 radical (unpaired) electrons. The third-order valence-electron chi connectivity index (χ3n) is 5.19. The van der Waals surface area contributed by atoms with E-state index < -0.39 is 0 Å². The number of thiazole rings is 1. The number of ether oxygens (including phenoxy) is 1. The molecule has 0 saturated heterocycles. The summed E-state index contributed by atoms with van der Waals surface area (Å²) in [5.41, 5.74) is 2.44. The Balaban J connectivity index is 1.41. The lowest BCUT2D eigenvalue weighted by atomic mass is 10.0. The van der Waals surface area contributed by atoms with E-state index in [9.17, 15) is 9.59 Å². The van der Waals surface area contributed by atoms with Crippen molar-refractivity contribution in [1.29, 1.82) is 0 Å². The Hall–Kier alpha value is -2.51. The number of nitrogens with zero attached hydrogens (tertiary/aromatic N) is 2. The lowest BCUT2D eigenvalue weighted by molar-refractivity contribution is 0.0473. The zero-order valence-corrected chi connectivity index (χ0v) is 17.0. The Labute approximate surface area is 169 Å². The Morgan fingerprint density at radius 3 is 2.89 bits per heavy atom. The summed E-state index contributed by atoms with van der Waals surface area (Å²) in [5, 5.41) is 1.07. The quantitative estimate of drug-likeness (QED) is 0.466. The molecule has 142 valence electrons. The number of aryl methyl sites for hydroxylation is 3. The Kier molecular flexibility index (Phi) is 4.29. The van der Waals surface area contributed by atoms with Gasteiger partial charge in [0.15, 0.2) is 4.96 Å². The number of aromatic nitrogens is 2. The number of esters is 1. The van der Waals surface area contributed by atoms with Gasteiger partial charge in [-0.15, -0.1) is 22.7 Å². The van der Waals surface area contributed by atoms with Crippen LogP contribution in [0.5, 0.6) is 0 Å². The summed E-state index contributed by atoms with van der Waals surface area (Å²) in [6.45, 7) is 1.93. The van der Waals surface area contributed by atoms with Gasteiger partial charge in [-0.05, 0) is 49.6 Å². The van der Waals surface area contributed by atoms with Gasteiger partial charge < -0.3 is 4.74 Å². The summed E-state index contributed by atoms with van der Waals surface area (Å²) in [6.07, 6.45) is 4.21. The summed E-state index contributed by atoms with van der Waals surface area (Å²) in [6, 6.07) is 9.41. The van der Waals surface area contributed by atoms with Crippen LogP contribution in [-0.4, -0.2) is 15.4 Å². The predicted molar refractivity (Wildman–Crippen MR) is 112 cm³/mol. The van der Waals surface area contributed by atoms with Crippen molar-refractivity contribution in [2.45, 2.75) is 39.2 Å². The van der Waals surface area contributed by atoms with Gasteiger partial charge >= 0.3 is 5.97 Å². The summed E-state index contributed by atoms with van der Waals surface area (Å²) in [7, 11) is 0. The summed E-state index contributed by atoms with van der Waals surface area (Å²) in [4.78, 5) is 32.3. The third kappa shape index (κ3) is 2.86. The van der Waals surface area contributed by atoms with E-state index >= 15 is 0 Å². The first-order valence-electron chi connectivity index (χ1n) is 9.30. The van der Waals surface area contributed by atoms with Crippen molar-refractivity contribution in [2.75, 3.05) is 0 Å². The Bertz CT molecular complexity index is 1280. The van der Waals surface area contributed by atoms with Gasteiger partial charge in [0.1, 0.15) is 11.5 Å². The maximum atomic E-state index is 12.6. The molecule has 28 heavy (non-hydrogen) atoms. The van der Waals surface area contributed by atoms with Crippen molar-refractivity contribution in [3.05, 3.63) is 67.4 Å². The average molecular weight is 411 g/mol. The van der Waals surface area contributed by atoms with Gasteiger partial charge in [0.2, 0.25) is 0 Å². The highest BCUT2D eigenvalue weighted by atomic mass is 32.1. The van der Waals surface area contributed by atoms with E-state index in [2.05, 4.69) is 4.98 Å². The molecule has 0 spiro atoms. The van der Waals surface area contributed by atoms with Gasteiger partial charge in [-0.25, -0.2) is 9.78 Å². The monoisotopic (exact) mass is 410 g/mol. The van der Waals surface area contributed by atoms with Gasteiger partial charge in [0, 0.05) is 21.3 Å². The van der Waals surface area contributed by atoms with Crippen molar-refractivity contribution < 1.29 is 9.53 Å². The molecule has 3 heterocycles. The highest BCUT2D eigenvalue weighted by Gasteiger charge is 2.20. The Morgan fingerprint density at radius 1 is 1.21 bits per heavy atom. The van der Waals surface area contributed by atoms with Gasteiger partial charge in [0.05, 0.1) is 5.69 Å². The molecule has 0 N–H and O–H groups in total. The van der Waals surface area contributed by atoms with Crippen LogP contribution in [0.4, 0.5) is 0 Å². The molecule has 0 amide bonds. The van der Waals surface area contributed by atoms with Gasteiger partial charge in [-0.2, -0.15) is 0 Å². The molecule has 7 heteroatoms. The van der Waals surface area contributed by atoms with Crippen LogP contribution in [0, 0.1) is 6.92 Å². The first-order chi connectivity index (χ1) is 13.6. The molecule has 0 bridgehead atoms. The second-order valence-corrected chi connectivity index (χ2v) is 9.13. The highest BCUT2D eigenvalue weighted by molar-refractivity contribution is 7.21. The first kappa shape index (κ1) is 17.6. The predicted octanol–water partition coefficient (Wildman–Crippen LogP) is 4.51. The fourth-order valence-corrected chi connectivity index (χ4v) is 6.12. The normalized spacial score (nSPS) is 13.8. The summed E-state index contributed by atoms with van der Waals surface area (Å²) < 4.78 is 8.28. The molecule has 0 atom stereocenters. The van der Waals surface area contributed by atoms with Crippen molar-refractivity contribution in [1.82, 2.24) is 9.38 Å². The van der Waals surface area contributed by atoms with E-state index in [1.165, 1.54) is 22.3 Å². The lowest BCUT2D eigenvalue weighted by Gasteiger charge is -2.10. The fraction of sp³-hybridized carbons (Fsp3) is 0.286. The van der Waals surface area contributed by atoms with Gasteiger partial charge in [-0.3, -0.25) is 9.20 Å². The maximum Gasteiger partial charge on any atom is 0.349 e. The van der Waals surface area contributed by atoms with Gasteiger partial charge in [0.25, 0.3) is 5.56 Å². The largest absolute Gasteiger partial charge is 0.455 e. The summed E-state index contributed by atoms with van der Waals surface area (Å²) >= 11 is 3.01. The van der Waals surface area contributed by atoms with Gasteiger partial charge in [-0.1, -0.05) is 18.2 Å². The molecule has 3 aromatic heterocycles. The first-order valence-corrected chi connectivity index (χ1v) is 10.9. The number of rotatable bonds is 3. The number of carbonyl (C=O) groups excluding carboxylic acids is 1. The molecule has 0 aliphatic heterocycles. The fourth-order valence-electron chi connectivity index (χ4n) is 3.79. The van der Waals surface area contributed by atoms with E-state index in [1.54, 1.807) is 15.7 Å². The molecule has 1 aliphatic carbocycles. The molecular formula is C21H18N2O3S2. The van der Waals surface area contributed by atoms with Crippen LogP contribution in [0.3, 0.4) is 0 Å². The topological polar surface area (TPSA) is 60.7 Å². The number of fused-ring (bicyclic) bond motifs is 4. The zero-order valence-electron chi connectivity index (χ0n) is 15.4. The average Bonchev–Trinajstić information content (AvgIpc) is 3.24. The number of hydrogen-bond donors (Lipinski definition) is 0. The van der Waals surface area contributed by atoms with Crippen molar-refractivity contribution in [2.24, 2.45) is 0 Å². The molecule has 5 nitrogen and oxygen atoms in total. The molecule has 0 fully saturated rings. The van der Waals surface area contributed by atoms with Crippen molar-refractivity contribution in [3.63, 3.8) is 0 Å². The number of hydrogen-bond acceptors (Lipinski definition) is 6. The van der Waals surface area contributed by atoms with Crippen LogP contribution in [0.25, 0.3) is 15.0 Å². The van der Waals surface area contributed by atoms with E-state index in [1.807, 2.05) is 31.2 Å². The van der Waals surface area contributed by atoms with E-state index in [0.29, 0.717) is 15.5 Å². The SMILES string of the molecule is Cc1c(C(=O)OCc2cc(=O)n3c4c(sc3n2)CCCC4)sc2ccccc12. The van der Waals surface area contributed by atoms with Crippen molar-refractivity contribution in [3.8, 4) is 0 Å². The minimum absolute atomic E-state index is 0.000819. The molecule has 0 unspecified atom stereocenters. The second kappa shape index (κ2) is 6.83. The van der Waals surface area contributed by atoms with E-state index in [0.717, 1.165) is 47.0 Å². The molecular weight excluding hydrogens is 392 g/mol. The van der Waals surface area contributed by atoms with Crippen LogP contribution in [0.15, 0.2) is 35.1 Å². The lowest BCUT2D eigenvalue weighted by Crippen LogP contribution is -2.18. The third-order valence-corrected chi connectivity index (χ3v) is 7.59. The number of carbonyl (C=O) groups is 1. The minimum atomic E-state index is -0.369. The van der Waals surface area contributed by atoms with Crippen LogP contribution < -0.4 is 5.56 Å². The Morgan fingerprint density at radius 2 is 2.04 bits per heavy atom.